The molecule has 0 amide bonds. The van der Waals surface area contributed by atoms with Gasteiger partial charge in [0.25, 0.3) is 0 Å². The Morgan fingerprint density at radius 3 is 2.71 bits per heavy atom. The van der Waals surface area contributed by atoms with Gasteiger partial charge in [-0.25, -0.2) is 4.39 Å². The second-order valence-corrected chi connectivity index (χ2v) is 6.11. The molecule has 0 aromatic heterocycles. The highest BCUT2D eigenvalue weighted by Crippen LogP contribution is 2.32. The maximum atomic E-state index is 13.4. The van der Waals surface area contributed by atoms with Crippen molar-refractivity contribution in [2.24, 2.45) is 0 Å². The summed E-state index contributed by atoms with van der Waals surface area (Å²) in [5.41, 5.74) is 1.07. The monoisotopic (exact) mass is 293 g/mol. The maximum absolute atomic E-state index is 13.4. The lowest BCUT2D eigenvalue weighted by molar-refractivity contribution is -0.0942. The third-order valence-corrected chi connectivity index (χ3v) is 4.88. The molecule has 2 nitrogen and oxygen atoms in total. The van der Waals surface area contributed by atoms with E-state index in [2.05, 4.69) is 26.1 Å². The lowest BCUT2D eigenvalue weighted by Crippen LogP contribution is -2.47. The molecule has 1 aromatic carbocycles. The molecular weight excluding hydrogens is 265 g/mol. The fourth-order valence-electron chi connectivity index (χ4n) is 3.37. The van der Waals surface area contributed by atoms with Crippen molar-refractivity contribution in [3.63, 3.8) is 0 Å². The molecule has 1 heterocycles. The van der Waals surface area contributed by atoms with E-state index in [1.54, 1.807) is 12.1 Å². The van der Waals surface area contributed by atoms with Crippen LogP contribution in [0.3, 0.4) is 0 Å². The van der Waals surface area contributed by atoms with Crippen LogP contribution in [-0.2, 0) is 4.74 Å². The Morgan fingerprint density at radius 1 is 1.33 bits per heavy atom. The molecule has 1 aliphatic rings. The van der Waals surface area contributed by atoms with E-state index in [9.17, 15) is 4.39 Å². The number of hydrogen-bond acceptors (Lipinski definition) is 2. The Kier molecular flexibility index (Phi) is 5.77. The van der Waals surface area contributed by atoms with Crippen molar-refractivity contribution in [3.05, 3.63) is 35.6 Å². The summed E-state index contributed by atoms with van der Waals surface area (Å²) in [4.78, 5) is 0. The molecule has 1 saturated heterocycles. The van der Waals surface area contributed by atoms with Gasteiger partial charge in [0.1, 0.15) is 5.82 Å². The van der Waals surface area contributed by atoms with Gasteiger partial charge in [-0.2, -0.15) is 0 Å². The summed E-state index contributed by atoms with van der Waals surface area (Å²) < 4.78 is 19.5. The molecule has 1 fully saturated rings. The summed E-state index contributed by atoms with van der Waals surface area (Å²) in [6, 6.07) is 7.62. The number of halogens is 1. The summed E-state index contributed by atoms with van der Waals surface area (Å²) in [5.74, 6) is -0.156. The highest BCUT2D eigenvalue weighted by Gasteiger charge is 2.35. The number of benzene rings is 1. The topological polar surface area (TPSA) is 21.3 Å². The van der Waals surface area contributed by atoms with E-state index >= 15 is 0 Å². The predicted molar refractivity (Wildman–Crippen MR) is 84.9 cm³/mol. The average Bonchev–Trinajstić information content (AvgIpc) is 2.52. The Balaban J connectivity index is 2.05. The fraction of sp³-hybridized carbons (Fsp3) is 0.667. The first kappa shape index (κ1) is 16.4. The van der Waals surface area contributed by atoms with Crippen LogP contribution in [0, 0.1) is 5.82 Å². The van der Waals surface area contributed by atoms with Gasteiger partial charge in [-0.05, 0) is 49.8 Å². The lowest BCUT2D eigenvalue weighted by atomic mass is 9.85. The minimum absolute atomic E-state index is 0.0240. The van der Waals surface area contributed by atoms with Crippen molar-refractivity contribution >= 4 is 0 Å². The molecular formula is C18H28FNO. The zero-order valence-electron chi connectivity index (χ0n) is 13.5. The minimum Gasteiger partial charge on any atom is -0.375 e. The zero-order valence-corrected chi connectivity index (χ0v) is 13.5. The summed E-state index contributed by atoms with van der Waals surface area (Å²) in [5, 5.41) is 3.73. The Bertz CT molecular complexity index is 445. The van der Waals surface area contributed by atoms with Crippen molar-refractivity contribution in [2.45, 2.75) is 70.6 Å². The van der Waals surface area contributed by atoms with E-state index in [0.29, 0.717) is 6.04 Å². The largest absolute Gasteiger partial charge is 0.375 e. The molecule has 1 aliphatic heterocycles. The third-order valence-electron chi connectivity index (χ3n) is 4.88. The molecule has 0 spiro atoms. The molecule has 3 heteroatoms. The fourth-order valence-corrected chi connectivity index (χ4v) is 3.37. The zero-order chi connectivity index (χ0) is 15.3. The molecule has 1 N–H and O–H groups in total. The van der Waals surface area contributed by atoms with Gasteiger partial charge < -0.3 is 10.1 Å². The highest BCUT2D eigenvalue weighted by atomic mass is 19.1. The van der Waals surface area contributed by atoms with Crippen LogP contribution in [0.25, 0.3) is 0 Å². The first-order valence-electron chi connectivity index (χ1n) is 8.28. The average molecular weight is 293 g/mol. The smallest absolute Gasteiger partial charge is 0.123 e. The standard InChI is InChI=1S/C18H28FNO/c1-4-17(14-8-7-9-15(19)12-14)20-16-10-11-21-18(5-2,6-3)13-16/h7-9,12,16-17,20H,4-6,10-11,13H2,1-3H3. The van der Waals surface area contributed by atoms with Gasteiger partial charge in [0.05, 0.1) is 5.60 Å². The van der Waals surface area contributed by atoms with Gasteiger partial charge in [-0.1, -0.05) is 32.9 Å². The predicted octanol–water partition coefficient (Wildman–Crippen LogP) is 4.60. The molecule has 118 valence electrons. The molecule has 0 saturated carbocycles. The summed E-state index contributed by atoms with van der Waals surface area (Å²) in [7, 11) is 0. The second-order valence-electron chi connectivity index (χ2n) is 6.11. The van der Waals surface area contributed by atoms with Crippen LogP contribution in [-0.4, -0.2) is 18.2 Å². The normalized spacial score (nSPS) is 23.0. The van der Waals surface area contributed by atoms with Crippen molar-refractivity contribution < 1.29 is 9.13 Å². The van der Waals surface area contributed by atoms with Crippen LogP contribution in [0.15, 0.2) is 24.3 Å². The Hall–Kier alpha value is -0.930. The van der Waals surface area contributed by atoms with Crippen molar-refractivity contribution in [1.82, 2.24) is 5.32 Å². The molecule has 0 radical (unpaired) electrons. The van der Waals surface area contributed by atoms with Crippen LogP contribution < -0.4 is 5.32 Å². The van der Waals surface area contributed by atoms with Gasteiger partial charge in [0.15, 0.2) is 0 Å². The van der Waals surface area contributed by atoms with Crippen molar-refractivity contribution in [1.29, 1.82) is 0 Å². The number of nitrogens with one attached hydrogen (secondary N) is 1. The Morgan fingerprint density at radius 2 is 2.10 bits per heavy atom. The Labute approximate surface area is 128 Å². The van der Waals surface area contributed by atoms with Gasteiger partial charge in [-0.3, -0.25) is 0 Å². The SMILES string of the molecule is CCC(NC1CCOC(CC)(CC)C1)c1cccc(F)c1. The summed E-state index contributed by atoms with van der Waals surface area (Å²) >= 11 is 0. The maximum Gasteiger partial charge on any atom is 0.123 e. The van der Waals surface area contributed by atoms with Gasteiger partial charge in [-0.15, -0.1) is 0 Å². The van der Waals surface area contributed by atoms with E-state index in [1.165, 1.54) is 6.07 Å². The van der Waals surface area contributed by atoms with E-state index in [1.807, 2.05) is 6.07 Å². The van der Waals surface area contributed by atoms with E-state index in [4.69, 9.17) is 4.74 Å². The highest BCUT2D eigenvalue weighted by molar-refractivity contribution is 5.20. The van der Waals surface area contributed by atoms with Gasteiger partial charge in [0.2, 0.25) is 0 Å². The van der Waals surface area contributed by atoms with E-state index in [0.717, 1.165) is 44.3 Å². The van der Waals surface area contributed by atoms with Crippen LogP contribution >= 0.6 is 0 Å². The molecule has 2 rings (SSSR count). The molecule has 1 aromatic rings. The van der Waals surface area contributed by atoms with Crippen LogP contribution in [0.5, 0.6) is 0 Å². The third kappa shape index (κ3) is 4.04. The number of rotatable bonds is 6. The summed E-state index contributed by atoms with van der Waals surface area (Å²) in [6.45, 7) is 7.37. The molecule has 2 atom stereocenters. The molecule has 2 unspecified atom stereocenters. The second kappa shape index (κ2) is 7.37. The van der Waals surface area contributed by atoms with Gasteiger partial charge in [0, 0.05) is 18.7 Å². The lowest BCUT2D eigenvalue weighted by Gasteiger charge is -2.41. The van der Waals surface area contributed by atoms with Crippen LogP contribution in [0.1, 0.15) is 64.5 Å². The molecule has 0 bridgehead atoms. The molecule has 21 heavy (non-hydrogen) atoms. The summed E-state index contributed by atoms with van der Waals surface area (Å²) in [6.07, 6.45) is 5.16. The van der Waals surface area contributed by atoms with Gasteiger partial charge >= 0.3 is 0 Å². The van der Waals surface area contributed by atoms with E-state index < -0.39 is 0 Å². The number of hydrogen-bond donors (Lipinski definition) is 1. The van der Waals surface area contributed by atoms with Crippen molar-refractivity contribution in [3.8, 4) is 0 Å². The first-order valence-corrected chi connectivity index (χ1v) is 8.28. The van der Waals surface area contributed by atoms with Crippen LogP contribution in [0.4, 0.5) is 4.39 Å². The van der Waals surface area contributed by atoms with Crippen LogP contribution in [0.2, 0.25) is 0 Å². The first-order chi connectivity index (χ1) is 10.1. The minimum atomic E-state index is -0.156. The van der Waals surface area contributed by atoms with Crippen molar-refractivity contribution in [2.75, 3.05) is 6.61 Å². The molecule has 0 aliphatic carbocycles. The van der Waals surface area contributed by atoms with E-state index in [-0.39, 0.29) is 17.5 Å². The quantitative estimate of drug-likeness (QED) is 0.827. The number of ether oxygens (including phenoxy) is 1.